The number of benzene rings is 1. The molecule has 2 heterocycles. The largest absolute Gasteiger partial charge is 0.383 e. The summed E-state index contributed by atoms with van der Waals surface area (Å²) < 4.78 is 3.93. The lowest BCUT2D eigenvalue weighted by Gasteiger charge is -2.20. The van der Waals surface area contributed by atoms with E-state index in [0.717, 1.165) is 15.0 Å². The fourth-order valence-electron chi connectivity index (χ4n) is 3.10. The maximum Gasteiger partial charge on any atom is 0.332 e. The molecule has 152 valence electrons. The lowest BCUT2D eigenvalue weighted by Crippen LogP contribution is -2.43. The van der Waals surface area contributed by atoms with Gasteiger partial charge < -0.3 is 5.73 Å². The zero-order chi connectivity index (χ0) is 21.1. The molecule has 0 saturated carbocycles. The summed E-state index contributed by atoms with van der Waals surface area (Å²) in [5.74, 6) is -0.0157. The Morgan fingerprint density at radius 2 is 1.90 bits per heavy atom. The third-order valence-electron chi connectivity index (χ3n) is 4.55. The van der Waals surface area contributed by atoms with Crippen LogP contribution in [0.4, 0.5) is 17.2 Å². The predicted molar refractivity (Wildman–Crippen MR) is 111 cm³/mol. The predicted octanol–water partition coefficient (Wildman–Crippen LogP) is 1.32. The molecule has 9 heteroatoms. The number of anilines is 3. The van der Waals surface area contributed by atoms with E-state index in [1.54, 1.807) is 10.9 Å². The zero-order valence-corrected chi connectivity index (χ0v) is 16.6. The second kappa shape index (κ2) is 8.17. The van der Waals surface area contributed by atoms with Crippen molar-refractivity contribution in [2.45, 2.75) is 26.9 Å². The first kappa shape index (κ1) is 20.1. The van der Waals surface area contributed by atoms with Crippen LogP contribution in [-0.2, 0) is 24.9 Å². The molecule has 0 aliphatic heterocycles. The number of nitrogen functional groups attached to an aromatic ring is 1. The highest BCUT2D eigenvalue weighted by atomic mass is 16.2. The van der Waals surface area contributed by atoms with Gasteiger partial charge in [0.05, 0.1) is 18.4 Å². The van der Waals surface area contributed by atoms with E-state index < -0.39 is 11.2 Å². The van der Waals surface area contributed by atoms with Crippen LogP contribution in [0.5, 0.6) is 0 Å². The van der Waals surface area contributed by atoms with E-state index in [1.807, 2.05) is 44.2 Å². The molecule has 0 spiro atoms. The summed E-state index contributed by atoms with van der Waals surface area (Å²) in [4.78, 5) is 38.5. The zero-order valence-electron chi connectivity index (χ0n) is 16.6. The Labute approximate surface area is 167 Å². The highest BCUT2D eigenvalue weighted by molar-refractivity contribution is 5.89. The van der Waals surface area contributed by atoms with Gasteiger partial charge in [0.2, 0.25) is 6.41 Å². The minimum Gasteiger partial charge on any atom is -0.383 e. The number of carbonyl (C=O) groups is 1. The van der Waals surface area contributed by atoms with Gasteiger partial charge in [-0.1, -0.05) is 44.2 Å². The Balaban J connectivity index is 2.05. The first-order chi connectivity index (χ1) is 13.8. The van der Waals surface area contributed by atoms with Crippen molar-refractivity contribution < 1.29 is 4.79 Å². The number of carbonyl (C=O) groups excluding carboxylic acids is 1. The van der Waals surface area contributed by atoms with Crippen LogP contribution in [0.2, 0.25) is 0 Å². The van der Waals surface area contributed by atoms with Crippen molar-refractivity contribution in [1.29, 1.82) is 0 Å². The monoisotopic (exact) mass is 396 g/mol. The smallest absolute Gasteiger partial charge is 0.332 e. The topological polar surface area (TPSA) is 108 Å². The van der Waals surface area contributed by atoms with Crippen LogP contribution in [0.3, 0.4) is 0 Å². The molecule has 0 radical (unpaired) electrons. The molecule has 0 aliphatic carbocycles. The van der Waals surface area contributed by atoms with Crippen molar-refractivity contribution in [3.8, 4) is 0 Å². The molecule has 9 nitrogen and oxygen atoms in total. The lowest BCUT2D eigenvalue weighted by molar-refractivity contribution is -0.106. The van der Waals surface area contributed by atoms with Crippen LogP contribution >= 0.6 is 0 Å². The van der Waals surface area contributed by atoms with E-state index in [0.29, 0.717) is 18.6 Å². The number of aromatic nitrogens is 4. The van der Waals surface area contributed by atoms with Gasteiger partial charge in [0.15, 0.2) is 5.69 Å². The lowest BCUT2D eigenvalue weighted by atomic mass is 10.2. The van der Waals surface area contributed by atoms with Gasteiger partial charge in [0.25, 0.3) is 5.56 Å². The van der Waals surface area contributed by atoms with Crippen molar-refractivity contribution in [3.05, 3.63) is 69.1 Å². The number of hydrogen-bond acceptors (Lipinski definition) is 5. The van der Waals surface area contributed by atoms with E-state index >= 15 is 0 Å². The second-order valence-electron chi connectivity index (χ2n) is 7.24. The number of rotatable bonds is 7. The molecular formula is C20H24N6O3. The molecule has 0 atom stereocenters. The first-order valence-corrected chi connectivity index (χ1v) is 9.23. The average Bonchev–Trinajstić information content (AvgIpc) is 3.15. The molecule has 0 aliphatic rings. The minimum absolute atomic E-state index is 0.0650. The number of nitrogens with two attached hydrogens (primary N) is 1. The van der Waals surface area contributed by atoms with Gasteiger partial charge in [0.1, 0.15) is 5.82 Å². The first-order valence-electron chi connectivity index (χ1n) is 9.23. The summed E-state index contributed by atoms with van der Waals surface area (Å²) in [5, 5.41) is 4.27. The van der Waals surface area contributed by atoms with Gasteiger partial charge in [0, 0.05) is 19.8 Å². The van der Waals surface area contributed by atoms with Crippen LogP contribution in [0, 0.1) is 5.92 Å². The normalized spacial score (nSPS) is 11.0. The average molecular weight is 396 g/mol. The van der Waals surface area contributed by atoms with Gasteiger partial charge in [-0.15, -0.1) is 0 Å². The molecule has 2 aromatic heterocycles. The fourth-order valence-corrected chi connectivity index (χ4v) is 3.10. The summed E-state index contributed by atoms with van der Waals surface area (Å²) in [6, 6.07) is 9.72. The number of hydrogen-bond donors (Lipinski definition) is 1. The van der Waals surface area contributed by atoms with E-state index in [9.17, 15) is 14.4 Å². The van der Waals surface area contributed by atoms with Gasteiger partial charge >= 0.3 is 5.69 Å². The Kier molecular flexibility index (Phi) is 5.67. The second-order valence-corrected chi connectivity index (χ2v) is 7.24. The van der Waals surface area contributed by atoms with Gasteiger partial charge in [-0.05, 0) is 11.5 Å². The number of nitrogens with zero attached hydrogens (tertiary/aromatic N) is 5. The van der Waals surface area contributed by atoms with Crippen LogP contribution in [0.15, 0.2) is 52.3 Å². The number of amides is 1. The summed E-state index contributed by atoms with van der Waals surface area (Å²) in [5.41, 5.74) is 6.28. The fraction of sp³-hybridized carbons (Fsp3) is 0.300. The summed E-state index contributed by atoms with van der Waals surface area (Å²) in [6.07, 6.45) is 3.63. The minimum atomic E-state index is -0.609. The van der Waals surface area contributed by atoms with Gasteiger partial charge in [-0.3, -0.25) is 28.3 Å². The summed E-state index contributed by atoms with van der Waals surface area (Å²) in [7, 11) is 1.47. The highest BCUT2D eigenvalue weighted by Gasteiger charge is 2.23. The third kappa shape index (κ3) is 3.98. The molecule has 0 bridgehead atoms. The Morgan fingerprint density at radius 1 is 1.21 bits per heavy atom. The van der Waals surface area contributed by atoms with Crippen LogP contribution < -0.4 is 21.9 Å². The Morgan fingerprint density at radius 3 is 2.52 bits per heavy atom. The summed E-state index contributed by atoms with van der Waals surface area (Å²) in [6.45, 7) is 4.52. The molecule has 1 aromatic carbocycles. The molecule has 1 amide bonds. The molecule has 3 aromatic rings. The van der Waals surface area contributed by atoms with Crippen LogP contribution in [0.1, 0.15) is 19.4 Å². The SMILES string of the molecule is CC(C)Cn1c(=O)c(N(C=O)c2cnn(Cc3ccccc3)c2)c(N)n(C)c1=O. The molecular weight excluding hydrogens is 372 g/mol. The van der Waals surface area contributed by atoms with Crippen molar-refractivity contribution >= 4 is 23.6 Å². The maximum absolute atomic E-state index is 13.0. The Bertz CT molecular complexity index is 1130. The van der Waals surface area contributed by atoms with Crippen molar-refractivity contribution in [1.82, 2.24) is 18.9 Å². The van der Waals surface area contributed by atoms with Gasteiger partial charge in [-0.2, -0.15) is 5.10 Å². The molecule has 2 N–H and O–H groups in total. The van der Waals surface area contributed by atoms with E-state index in [4.69, 9.17) is 5.73 Å². The van der Waals surface area contributed by atoms with Gasteiger partial charge in [-0.25, -0.2) is 4.79 Å². The van der Waals surface area contributed by atoms with E-state index in [-0.39, 0.29) is 24.0 Å². The van der Waals surface area contributed by atoms with Crippen LogP contribution in [0.25, 0.3) is 0 Å². The van der Waals surface area contributed by atoms with Crippen LogP contribution in [-0.4, -0.2) is 25.3 Å². The Hall–Kier alpha value is -3.62. The highest BCUT2D eigenvalue weighted by Crippen LogP contribution is 2.24. The molecule has 29 heavy (non-hydrogen) atoms. The standard InChI is InChI=1S/C20H24N6O3/c1-14(2)10-25-19(28)17(18(21)23(3)20(25)29)26(13-27)16-9-22-24(12-16)11-15-7-5-4-6-8-15/h4-9,12-14H,10-11,21H2,1-3H3. The van der Waals surface area contributed by atoms with Crippen molar-refractivity contribution in [3.63, 3.8) is 0 Å². The summed E-state index contributed by atoms with van der Waals surface area (Å²) >= 11 is 0. The maximum atomic E-state index is 13.0. The molecule has 0 saturated heterocycles. The molecule has 3 rings (SSSR count). The van der Waals surface area contributed by atoms with E-state index in [1.165, 1.54) is 17.8 Å². The quantitative estimate of drug-likeness (QED) is 0.606. The third-order valence-corrected chi connectivity index (χ3v) is 4.55. The molecule has 0 unspecified atom stereocenters. The van der Waals surface area contributed by atoms with E-state index in [2.05, 4.69) is 5.10 Å². The molecule has 0 fully saturated rings. The van der Waals surface area contributed by atoms with Crippen molar-refractivity contribution in [2.75, 3.05) is 10.6 Å². The van der Waals surface area contributed by atoms with Crippen molar-refractivity contribution in [2.24, 2.45) is 13.0 Å².